The lowest BCUT2D eigenvalue weighted by atomic mass is 9.83. The minimum Gasteiger partial charge on any atom is -0.507 e. The van der Waals surface area contributed by atoms with Crippen LogP contribution in [0.3, 0.4) is 0 Å². The number of rotatable bonds is 9. The SMILES string of the molecule is CCOC(=O)CC1CCC(N2CCN(C(=O)[C@@H](Cc3ccc(O)c(Br)c3)OC(=O)N3CCC(N4CCc5ccccc5NC4=O)CC3)CC2)CC1. The highest BCUT2D eigenvalue weighted by Crippen LogP contribution is 2.31. The first kappa shape index (κ1) is 36.9. The second kappa shape index (κ2) is 17.1. The van der Waals surface area contributed by atoms with Crippen LogP contribution in [-0.4, -0.2) is 119 Å². The predicted molar refractivity (Wildman–Crippen MR) is 195 cm³/mol. The number of benzene rings is 2. The highest BCUT2D eigenvalue weighted by Gasteiger charge is 2.36. The standard InChI is InChI=1S/C38H50BrN5O7/c1-2-50-35(46)25-26-7-10-29(11-8-26)41-19-21-42(22-20-41)36(47)34(24-27-9-12-33(45)31(39)23-27)51-38(49)43-16-14-30(15-17-43)44-18-13-28-5-3-4-6-32(28)40-37(44)48/h3-6,9,12,23,26,29-30,34,45H,2,7-8,10-11,13-22,24-25H2,1H3,(H,40,48)/t26?,29?,34-/m1/s1. The first-order chi connectivity index (χ1) is 24.7. The van der Waals surface area contributed by atoms with Gasteiger partial charge in [0.15, 0.2) is 6.10 Å². The molecule has 51 heavy (non-hydrogen) atoms. The molecule has 0 bridgehead atoms. The fourth-order valence-corrected chi connectivity index (χ4v) is 8.47. The van der Waals surface area contributed by atoms with E-state index in [1.807, 2.05) is 36.1 Å². The number of likely N-dealkylation sites (tertiary alicyclic amines) is 1. The van der Waals surface area contributed by atoms with Gasteiger partial charge in [-0.1, -0.05) is 24.3 Å². The van der Waals surface area contributed by atoms with Crippen molar-refractivity contribution in [3.8, 4) is 5.75 Å². The minimum atomic E-state index is -1.02. The van der Waals surface area contributed by atoms with Gasteiger partial charge < -0.3 is 34.6 Å². The Bertz CT molecular complexity index is 1550. The summed E-state index contributed by atoms with van der Waals surface area (Å²) in [4.78, 5) is 60.5. The van der Waals surface area contributed by atoms with Crippen molar-refractivity contribution in [3.05, 3.63) is 58.1 Å². The number of piperazine rings is 1. The van der Waals surface area contributed by atoms with Crippen LogP contribution in [0.15, 0.2) is 46.9 Å². The van der Waals surface area contributed by atoms with E-state index >= 15 is 0 Å². The van der Waals surface area contributed by atoms with Crippen molar-refractivity contribution in [3.63, 3.8) is 0 Å². The van der Waals surface area contributed by atoms with Gasteiger partial charge in [-0.2, -0.15) is 0 Å². The Labute approximate surface area is 308 Å². The number of hydrogen-bond acceptors (Lipinski definition) is 8. The number of ether oxygens (including phenoxy) is 2. The largest absolute Gasteiger partial charge is 0.507 e. The monoisotopic (exact) mass is 767 g/mol. The molecule has 3 aliphatic heterocycles. The molecule has 2 aromatic rings. The molecule has 1 aliphatic carbocycles. The van der Waals surface area contributed by atoms with E-state index in [0.29, 0.717) is 75.0 Å². The van der Waals surface area contributed by atoms with E-state index in [9.17, 15) is 24.3 Å². The lowest BCUT2D eigenvalue weighted by Gasteiger charge is -2.42. The van der Waals surface area contributed by atoms with Gasteiger partial charge >= 0.3 is 18.1 Å². The summed E-state index contributed by atoms with van der Waals surface area (Å²) < 4.78 is 11.7. The molecule has 13 heteroatoms. The summed E-state index contributed by atoms with van der Waals surface area (Å²) in [6, 6.07) is 13.2. The number of anilines is 1. The zero-order valence-electron chi connectivity index (χ0n) is 29.4. The van der Waals surface area contributed by atoms with Crippen LogP contribution in [0.4, 0.5) is 15.3 Å². The number of hydrogen-bond donors (Lipinski definition) is 2. The fraction of sp³-hybridized carbons (Fsp3) is 0.579. The van der Waals surface area contributed by atoms with Gasteiger partial charge in [0.2, 0.25) is 0 Å². The molecule has 2 aromatic carbocycles. The average molecular weight is 769 g/mol. The quantitative estimate of drug-likeness (QED) is 0.324. The number of nitrogens with one attached hydrogen (secondary N) is 1. The van der Waals surface area contributed by atoms with Crippen LogP contribution in [-0.2, 0) is 31.9 Å². The first-order valence-corrected chi connectivity index (χ1v) is 19.2. The minimum absolute atomic E-state index is 0.000880. The van der Waals surface area contributed by atoms with E-state index in [2.05, 4.69) is 26.1 Å². The van der Waals surface area contributed by atoms with Crippen molar-refractivity contribution in [1.29, 1.82) is 0 Å². The molecule has 6 rings (SSSR count). The van der Waals surface area contributed by atoms with Crippen LogP contribution in [0.2, 0.25) is 0 Å². The maximum absolute atomic E-state index is 14.0. The third-order valence-corrected chi connectivity index (χ3v) is 11.6. The molecular formula is C38H50BrN5O7. The third-order valence-electron chi connectivity index (χ3n) is 11.0. The van der Waals surface area contributed by atoms with Gasteiger partial charge in [-0.3, -0.25) is 14.5 Å². The lowest BCUT2D eigenvalue weighted by Crippen LogP contribution is -2.55. The van der Waals surface area contributed by atoms with Crippen molar-refractivity contribution in [1.82, 2.24) is 19.6 Å². The van der Waals surface area contributed by atoms with Crippen LogP contribution in [0.25, 0.3) is 0 Å². The van der Waals surface area contributed by atoms with Crippen LogP contribution in [0.5, 0.6) is 5.75 Å². The van der Waals surface area contributed by atoms with Crippen LogP contribution < -0.4 is 5.32 Å². The zero-order chi connectivity index (χ0) is 35.9. The zero-order valence-corrected chi connectivity index (χ0v) is 31.0. The Hall–Kier alpha value is -3.84. The molecule has 2 N–H and O–H groups in total. The van der Waals surface area contributed by atoms with Gasteiger partial charge in [0, 0.05) is 76.4 Å². The smallest absolute Gasteiger partial charge is 0.410 e. The van der Waals surface area contributed by atoms with E-state index < -0.39 is 12.2 Å². The molecule has 0 spiro atoms. The maximum atomic E-state index is 14.0. The van der Waals surface area contributed by atoms with Gasteiger partial charge in [-0.25, -0.2) is 9.59 Å². The summed E-state index contributed by atoms with van der Waals surface area (Å²) in [5.74, 6) is 0.132. The van der Waals surface area contributed by atoms with E-state index in [0.717, 1.165) is 62.0 Å². The van der Waals surface area contributed by atoms with Crippen LogP contribution in [0.1, 0.15) is 63.0 Å². The van der Waals surface area contributed by atoms with Gasteiger partial charge in [-0.05, 0) is 103 Å². The molecule has 0 aromatic heterocycles. The number of fused-ring (bicyclic) bond motifs is 1. The molecule has 3 heterocycles. The maximum Gasteiger partial charge on any atom is 0.410 e. The Morgan fingerprint density at radius 1 is 0.902 bits per heavy atom. The van der Waals surface area contributed by atoms with Crippen LogP contribution in [0, 0.1) is 5.92 Å². The molecule has 2 saturated heterocycles. The molecule has 1 saturated carbocycles. The van der Waals surface area contributed by atoms with Crippen LogP contribution >= 0.6 is 15.9 Å². The summed E-state index contributed by atoms with van der Waals surface area (Å²) >= 11 is 3.36. The first-order valence-electron chi connectivity index (χ1n) is 18.5. The lowest BCUT2D eigenvalue weighted by molar-refractivity contribution is -0.144. The van der Waals surface area contributed by atoms with Crippen molar-refractivity contribution >= 4 is 45.6 Å². The molecule has 12 nitrogen and oxygen atoms in total. The van der Waals surface area contributed by atoms with Gasteiger partial charge in [0.1, 0.15) is 5.75 Å². The molecule has 1 atom stereocenters. The molecule has 0 unspecified atom stereocenters. The number of urea groups is 1. The highest BCUT2D eigenvalue weighted by atomic mass is 79.9. The van der Waals surface area contributed by atoms with Gasteiger partial charge in [-0.15, -0.1) is 0 Å². The van der Waals surface area contributed by atoms with E-state index in [-0.39, 0.29) is 36.1 Å². The summed E-state index contributed by atoms with van der Waals surface area (Å²) in [6.45, 7) is 6.28. The molecule has 276 valence electrons. The fourth-order valence-electron chi connectivity index (χ4n) is 8.05. The summed E-state index contributed by atoms with van der Waals surface area (Å²) in [7, 11) is 0. The number of piperidine rings is 1. The number of halogens is 1. The Morgan fingerprint density at radius 2 is 1.63 bits per heavy atom. The average Bonchev–Trinajstić information content (AvgIpc) is 3.31. The molecule has 0 radical (unpaired) electrons. The van der Waals surface area contributed by atoms with Crippen molar-refractivity contribution in [2.45, 2.75) is 82.9 Å². The molecule has 3 fully saturated rings. The normalized spacial score (nSPS) is 22.4. The highest BCUT2D eigenvalue weighted by molar-refractivity contribution is 9.10. The number of esters is 1. The van der Waals surface area contributed by atoms with Crippen molar-refractivity contribution in [2.24, 2.45) is 5.92 Å². The number of aromatic hydroxyl groups is 1. The third kappa shape index (κ3) is 9.34. The number of nitrogens with zero attached hydrogens (tertiary/aromatic N) is 4. The van der Waals surface area contributed by atoms with E-state index in [1.165, 1.54) is 0 Å². The summed E-state index contributed by atoms with van der Waals surface area (Å²) in [6.07, 6.45) is 5.18. The number of phenols is 1. The number of carbonyl (C=O) groups excluding carboxylic acids is 4. The van der Waals surface area contributed by atoms with Gasteiger partial charge in [0.05, 0.1) is 11.1 Å². The Morgan fingerprint density at radius 3 is 2.33 bits per heavy atom. The molecule has 4 aliphatic rings. The van der Waals surface area contributed by atoms with E-state index in [4.69, 9.17) is 9.47 Å². The second-order valence-electron chi connectivity index (χ2n) is 14.2. The number of carbonyl (C=O) groups is 4. The van der Waals surface area contributed by atoms with Gasteiger partial charge in [0.25, 0.3) is 5.91 Å². The van der Waals surface area contributed by atoms with Crippen molar-refractivity contribution < 1.29 is 33.8 Å². The molecular weight excluding hydrogens is 718 g/mol. The topological polar surface area (TPSA) is 132 Å². The Balaban J connectivity index is 1.03. The number of phenolic OH excluding ortho intramolecular Hbond substituents is 1. The number of para-hydroxylation sites is 1. The summed E-state index contributed by atoms with van der Waals surface area (Å²) in [5, 5.41) is 13.1. The van der Waals surface area contributed by atoms with E-state index in [1.54, 1.807) is 28.0 Å². The van der Waals surface area contributed by atoms with Crippen molar-refractivity contribution in [2.75, 3.05) is 57.7 Å². The molecule has 4 amide bonds. The summed E-state index contributed by atoms with van der Waals surface area (Å²) in [5.41, 5.74) is 2.72. The second-order valence-corrected chi connectivity index (χ2v) is 15.0. The Kier molecular flexibility index (Phi) is 12.4. The predicted octanol–water partition coefficient (Wildman–Crippen LogP) is 5.41. The number of amides is 4.